The van der Waals surface area contributed by atoms with Gasteiger partial charge in [-0.25, -0.2) is 0 Å². The van der Waals surface area contributed by atoms with Gasteiger partial charge in [0.25, 0.3) is 5.91 Å². The van der Waals surface area contributed by atoms with Crippen molar-refractivity contribution in [2.75, 3.05) is 20.8 Å². The number of ether oxygens (including phenoxy) is 2. The Bertz CT molecular complexity index is 998. The summed E-state index contributed by atoms with van der Waals surface area (Å²) in [4.78, 5) is 14.6. The minimum absolute atomic E-state index is 0.186. The van der Waals surface area contributed by atoms with Crippen LogP contribution in [0, 0.1) is 5.92 Å². The van der Waals surface area contributed by atoms with E-state index >= 15 is 0 Å². The number of nitrogens with zero attached hydrogens (tertiary/aromatic N) is 1. The highest BCUT2D eigenvalue weighted by atomic mass is 16.5. The topological polar surface area (TPSA) is 63.9 Å². The molecule has 0 bridgehead atoms. The van der Waals surface area contributed by atoms with E-state index in [1.54, 1.807) is 20.3 Å². The lowest BCUT2D eigenvalue weighted by Gasteiger charge is -2.23. The molecular weight excluding hydrogens is 404 g/mol. The Morgan fingerprint density at radius 3 is 2.44 bits per heavy atom. The third-order valence-corrected chi connectivity index (χ3v) is 5.07. The van der Waals surface area contributed by atoms with Gasteiger partial charge in [-0.3, -0.25) is 9.69 Å². The van der Waals surface area contributed by atoms with Gasteiger partial charge in [-0.2, -0.15) is 0 Å². The van der Waals surface area contributed by atoms with Crippen LogP contribution in [0.25, 0.3) is 0 Å². The monoisotopic (exact) mass is 436 g/mol. The van der Waals surface area contributed by atoms with E-state index in [-0.39, 0.29) is 5.91 Å². The Hall–Kier alpha value is -3.25. The van der Waals surface area contributed by atoms with Gasteiger partial charge in [-0.05, 0) is 41.8 Å². The van der Waals surface area contributed by atoms with Crippen molar-refractivity contribution in [1.82, 2.24) is 10.2 Å². The predicted molar refractivity (Wildman–Crippen MR) is 125 cm³/mol. The van der Waals surface area contributed by atoms with Crippen molar-refractivity contribution in [3.05, 3.63) is 83.3 Å². The maximum absolute atomic E-state index is 12.3. The summed E-state index contributed by atoms with van der Waals surface area (Å²) in [6, 6.07) is 19.7. The van der Waals surface area contributed by atoms with Crippen LogP contribution in [-0.2, 0) is 19.6 Å². The van der Waals surface area contributed by atoms with Gasteiger partial charge in [0.05, 0.1) is 20.8 Å². The molecule has 1 aromatic heterocycles. The standard InChI is InChI=1S/C26H32N2O4/c1-19(2)15-27-26(29)25-13-11-23(32-25)18-28(16-20-8-6-5-7-9-20)17-21-14-22(30-3)10-12-24(21)31-4/h5-14,19H,15-18H2,1-4H3,(H,27,29). The molecule has 6 nitrogen and oxygen atoms in total. The van der Waals surface area contributed by atoms with Crippen molar-refractivity contribution in [2.45, 2.75) is 33.5 Å². The number of carbonyl (C=O) groups is 1. The zero-order valence-electron chi connectivity index (χ0n) is 19.3. The minimum Gasteiger partial charge on any atom is -0.497 e. The van der Waals surface area contributed by atoms with Crippen LogP contribution in [0.5, 0.6) is 11.5 Å². The Labute approximate surface area is 190 Å². The van der Waals surface area contributed by atoms with E-state index in [4.69, 9.17) is 13.9 Å². The number of amides is 1. The molecule has 0 saturated carbocycles. The fraction of sp³-hybridized carbons (Fsp3) is 0.346. The van der Waals surface area contributed by atoms with Crippen LogP contribution in [0.4, 0.5) is 0 Å². The lowest BCUT2D eigenvalue weighted by atomic mass is 10.1. The van der Waals surface area contributed by atoms with Gasteiger partial charge in [0.15, 0.2) is 5.76 Å². The van der Waals surface area contributed by atoms with Gasteiger partial charge in [0.2, 0.25) is 0 Å². The second-order valence-corrected chi connectivity index (χ2v) is 8.18. The Kier molecular flexibility index (Phi) is 8.34. The first-order valence-electron chi connectivity index (χ1n) is 10.8. The number of carbonyl (C=O) groups excluding carboxylic acids is 1. The van der Waals surface area contributed by atoms with Crippen LogP contribution in [0.2, 0.25) is 0 Å². The number of furan rings is 1. The summed E-state index contributed by atoms with van der Waals surface area (Å²) >= 11 is 0. The maximum atomic E-state index is 12.3. The molecule has 0 aliphatic rings. The third-order valence-electron chi connectivity index (χ3n) is 5.07. The maximum Gasteiger partial charge on any atom is 0.287 e. The zero-order valence-corrected chi connectivity index (χ0v) is 19.3. The first kappa shape index (κ1) is 23.4. The van der Waals surface area contributed by atoms with Gasteiger partial charge in [-0.1, -0.05) is 44.2 Å². The number of methoxy groups -OCH3 is 2. The van der Waals surface area contributed by atoms with Crippen LogP contribution in [0.15, 0.2) is 65.1 Å². The summed E-state index contributed by atoms with van der Waals surface area (Å²) < 4.78 is 16.8. The van der Waals surface area contributed by atoms with Crippen LogP contribution < -0.4 is 14.8 Å². The Balaban J connectivity index is 1.79. The number of hydrogen-bond acceptors (Lipinski definition) is 5. The molecule has 0 unspecified atom stereocenters. The minimum atomic E-state index is -0.186. The molecule has 0 spiro atoms. The van der Waals surface area contributed by atoms with Gasteiger partial charge >= 0.3 is 0 Å². The lowest BCUT2D eigenvalue weighted by Crippen LogP contribution is -2.27. The molecule has 0 fully saturated rings. The molecule has 3 aromatic rings. The summed E-state index contributed by atoms with van der Waals surface area (Å²) in [6.45, 7) is 6.63. The summed E-state index contributed by atoms with van der Waals surface area (Å²) in [5.41, 5.74) is 2.21. The van der Waals surface area contributed by atoms with Crippen molar-refractivity contribution in [2.24, 2.45) is 5.92 Å². The number of nitrogens with one attached hydrogen (secondary N) is 1. The molecule has 2 aromatic carbocycles. The Morgan fingerprint density at radius 1 is 0.969 bits per heavy atom. The molecule has 6 heteroatoms. The molecule has 0 saturated heterocycles. The lowest BCUT2D eigenvalue weighted by molar-refractivity contribution is 0.0916. The van der Waals surface area contributed by atoms with Gasteiger partial charge in [-0.15, -0.1) is 0 Å². The van der Waals surface area contributed by atoms with Crippen molar-refractivity contribution < 1.29 is 18.7 Å². The van der Waals surface area contributed by atoms with E-state index in [1.807, 2.05) is 42.5 Å². The molecule has 32 heavy (non-hydrogen) atoms. The molecule has 3 rings (SSSR count). The van der Waals surface area contributed by atoms with E-state index in [2.05, 4.69) is 36.2 Å². The van der Waals surface area contributed by atoms with Crippen molar-refractivity contribution in [3.63, 3.8) is 0 Å². The number of benzene rings is 2. The smallest absolute Gasteiger partial charge is 0.287 e. The summed E-state index contributed by atoms with van der Waals surface area (Å²) in [6.07, 6.45) is 0. The van der Waals surface area contributed by atoms with E-state index in [9.17, 15) is 4.79 Å². The van der Waals surface area contributed by atoms with Crippen molar-refractivity contribution >= 4 is 5.91 Å². The van der Waals surface area contributed by atoms with E-state index in [1.165, 1.54) is 5.56 Å². The molecule has 0 radical (unpaired) electrons. The Morgan fingerprint density at radius 2 is 1.75 bits per heavy atom. The van der Waals surface area contributed by atoms with Crippen molar-refractivity contribution in [3.8, 4) is 11.5 Å². The first-order valence-corrected chi connectivity index (χ1v) is 10.8. The normalized spacial score (nSPS) is 11.1. The highest BCUT2D eigenvalue weighted by Gasteiger charge is 2.16. The molecular formula is C26H32N2O4. The molecule has 170 valence electrons. The number of rotatable bonds is 11. The average molecular weight is 437 g/mol. The largest absolute Gasteiger partial charge is 0.497 e. The second kappa shape index (κ2) is 11.4. The zero-order chi connectivity index (χ0) is 22.9. The van der Waals surface area contributed by atoms with Gasteiger partial charge in [0.1, 0.15) is 17.3 Å². The van der Waals surface area contributed by atoms with E-state index in [0.29, 0.717) is 31.3 Å². The number of hydrogen-bond donors (Lipinski definition) is 1. The van der Waals surface area contributed by atoms with Crippen molar-refractivity contribution in [1.29, 1.82) is 0 Å². The first-order chi connectivity index (χ1) is 15.5. The molecule has 1 N–H and O–H groups in total. The predicted octanol–water partition coefficient (Wildman–Crippen LogP) is 4.89. The fourth-order valence-electron chi connectivity index (χ4n) is 3.44. The van der Waals surface area contributed by atoms with Gasteiger partial charge in [0, 0.05) is 25.2 Å². The summed E-state index contributed by atoms with van der Waals surface area (Å²) in [7, 11) is 3.32. The van der Waals surface area contributed by atoms with Gasteiger partial charge < -0.3 is 19.2 Å². The highest BCUT2D eigenvalue weighted by Crippen LogP contribution is 2.27. The molecule has 0 atom stereocenters. The molecule has 1 amide bonds. The van der Waals surface area contributed by atoms with Crippen LogP contribution in [0.1, 0.15) is 41.3 Å². The molecule has 0 aliphatic carbocycles. The quantitative estimate of drug-likeness (QED) is 0.464. The SMILES string of the molecule is COc1ccc(OC)c(CN(Cc2ccccc2)Cc2ccc(C(=O)NCC(C)C)o2)c1. The molecule has 0 aliphatic heterocycles. The fourth-order valence-corrected chi connectivity index (χ4v) is 3.44. The third kappa shape index (κ3) is 6.62. The van der Waals surface area contributed by atoms with E-state index < -0.39 is 0 Å². The summed E-state index contributed by atoms with van der Waals surface area (Å²) in [5, 5.41) is 2.90. The average Bonchev–Trinajstić information content (AvgIpc) is 3.26. The van der Waals surface area contributed by atoms with Crippen LogP contribution in [0.3, 0.4) is 0 Å². The van der Waals surface area contributed by atoms with E-state index in [0.717, 1.165) is 29.4 Å². The highest BCUT2D eigenvalue weighted by molar-refractivity contribution is 5.91. The molecule has 1 heterocycles. The van der Waals surface area contributed by atoms with Crippen LogP contribution >= 0.6 is 0 Å². The van der Waals surface area contributed by atoms with Crippen LogP contribution in [-0.4, -0.2) is 31.6 Å². The second-order valence-electron chi connectivity index (χ2n) is 8.18. The summed E-state index contributed by atoms with van der Waals surface area (Å²) in [5.74, 6) is 2.85.